The summed E-state index contributed by atoms with van der Waals surface area (Å²) >= 11 is 0. The van der Waals surface area contributed by atoms with Gasteiger partial charge in [0.1, 0.15) is 0 Å². The van der Waals surface area contributed by atoms with Crippen molar-refractivity contribution < 1.29 is 9.18 Å². The van der Waals surface area contributed by atoms with Crippen LogP contribution < -0.4 is 5.32 Å². The molecule has 0 fully saturated rings. The van der Waals surface area contributed by atoms with Crippen molar-refractivity contribution in [3.05, 3.63) is 12.4 Å². The molecule has 0 bridgehead atoms. The van der Waals surface area contributed by atoms with Gasteiger partial charge in [0.2, 0.25) is 5.91 Å². The minimum Gasteiger partial charge on any atom is -0.356 e. The highest BCUT2D eigenvalue weighted by Crippen LogP contribution is 1.69. The smallest absolute Gasteiger partial charge is 0.246 e. The fourth-order valence-corrected chi connectivity index (χ4v) is 0.141. The number of carbonyl (C=O) groups is 1. The minimum absolute atomic E-state index is 0.193. The minimum atomic E-state index is -0.428. The summed E-state index contributed by atoms with van der Waals surface area (Å²) in [5, 5.41) is 2.20. The van der Waals surface area contributed by atoms with Crippen LogP contribution in [0, 0.1) is 0 Å². The summed E-state index contributed by atoms with van der Waals surface area (Å²) in [5.41, 5.74) is 0. The number of carbonyl (C=O) groups excluding carboxylic acids is 1. The summed E-state index contributed by atoms with van der Waals surface area (Å²) in [6.07, 6.45) is 0.999. The second-order valence-electron chi connectivity index (χ2n) is 0.907. The number of rotatable bonds is 1. The summed E-state index contributed by atoms with van der Waals surface area (Å²) in [6, 6.07) is 0. The van der Waals surface area contributed by atoms with Crippen molar-refractivity contribution in [2.75, 3.05) is 7.05 Å². The van der Waals surface area contributed by atoms with Crippen molar-refractivity contribution in [3.8, 4) is 0 Å². The highest BCUT2D eigenvalue weighted by Gasteiger charge is 1.82. The van der Waals surface area contributed by atoms with Gasteiger partial charge in [0.25, 0.3) is 0 Å². The third-order valence-electron chi connectivity index (χ3n) is 0.461. The van der Waals surface area contributed by atoms with Crippen LogP contribution in [0.4, 0.5) is 4.39 Å². The van der Waals surface area contributed by atoms with Gasteiger partial charge in [0, 0.05) is 13.1 Å². The Morgan fingerprint density at radius 2 is 2.43 bits per heavy atom. The molecule has 1 N–H and O–H groups in total. The molecule has 0 aromatic rings. The summed E-state index contributed by atoms with van der Waals surface area (Å²) in [5.74, 6) is -0.428. The molecule has 0 aromatic carbocycles. The van der Waals surface area contributed by atoms with Gasteiger partial charge in [0.15, 0.2) is 0 Å². The Morgan fingerprint density at radius 1 is 1.86 bits per heavy atom. The largest absolute Gasteiger partial charge is 0.356 e. The zero-order valence-electron chi connectivity index (χ0n) is 3.94. The number of hydrogen-bond acceptors (Lipinski definition) is 1. The van der Waals surface area contributed by atoms with E-state index in [0.29, 0.717) is 0 Å². The van der Waals surface area contributed by atoms with Crippen molar-refractivity contribution in [2.24, 2.45) is 0 Å². The molecule has 0 saturated carbocycles. The molecule has 40 valence electrons. The maximum absolute atomic E-state index is 11.0. The van der Waals surface area contributed by atoms with Gasteiger partial charge < -0.3 is 5.32 Å². The first-order valence-electron chi connectivity index (χ1n) is 1.79. The SMILES string of the molecule is CNC(=O)/C=C/F. The molecular weight excluding hydrogens is 97.0 g/mol. The number of hydrogen-bond donors (Lipinski definition) is 1. The van der Waals surface area contributed by atoms with E-state index in [1.54, 1.807) is 0 Å². The van der Waals surface area contributed by atoms with E-state index in [2.05, 4.69) is 5.32 Å². The highest BCUT2D eigenvalue weighted by atomic mass is 19.1. The molecule has 0 rings (SSSR count). The summed E-state index contributed by atoms with van der Waals surface area (Å²) in [4.78, 5) is 9.97. The molecule has 0 spiro atoms. The van der Waals surface area contributed by atoms with Crippen LogP contribution in [0.5, 0.6) is 0 Å². The lowest BCUT2D eigenvalue weighted by Gasteiger charge is -1.83. The van der Waals surface area contributed by atoms with Crippen molar-refractivity contribution in [3.63, 3.8) is 0 Å². The van der Waals surface area contributed by atoms with E-state index in [9.17, 15) is 9.18 Å². The molecule has 2 nitrogen and oxygen atoms in total. The van der Waals surface area contributed by atoms with Crippen molar-refractivity contribution in [1.82, 2.24) is 5.32 Å². The molecule has 0 aliphatic carbocycles. The van der Waals surface area contributed by atoms with Crippen LogP contribution in [-0.2, 0) is 4.79 Å². The Hall–Kier alpha value is -0.860. The zero-order chi connectivity index (χ0) is 5.70. The van der Waals surface area contributed by atoms with Gasteiger partial charge in [-0.25, -0.2) is 4.39 Å². The molecule has 7 heavy (non-hydrogen) atoms. The second kappa shape index (κ2) is 3.33. The zero-order valence-corrected chi connectivity index (χ0v) is 3.94. The summed E-state index contributed by atoms with van der Waals surface area (Å²) < 4.78 is 11.0. The Kier molecular flexibility index (Phi) is 2.92. The van der Waals surface area contributed by atoms with Gasteiger partial charge in [0.05, 0.1) is 6.33 Å². The van der Waals surface area contributed by atoms with E-state index in [0.717, 1.165) is 6.08 Å². The fraction of sp³-hybridized carbons (Fsp3) is 0.250. The number of amides is 1. The van der Waals surface area contributed by atoms with Gasteiger partial charge in [-0.3, -0.25) is 4.79 Å². The lowest BCUT2D eigenvalue weighted by molar-refractivity contribution is -0.116. The average Bonchev–Trinajstić information content (AvgIpc) is 1.68. The van der Waals surface area contributed by atoms with Gasteiger partial charge in [-0.05, 0) is 0 Å². The first-order chi connectivity index (χ1) is 3.31. The fourth-order valence-electron chi connectivity index (χ4n) is 0.141. The van der Waals surface area contributed by atoms with Gasteiger partial charge in [-0.1, -0.05) is 0 Å². The van der Waals surface area contributed by atoms with E-state index in [-0.39, 0.29) is 6.33 Å². The molecule has 0 saturated heterocycles. The standard InChI is InChI=1S/C4H6FNO/c1-6-4(7)2-3-5/h2-3H,1H3,(H,6,7)/b3-2+. The average molecular weight is 103 g/mol. The molecule has 0 heterocycles. The normalized spacial score (nSPS) is 9.43. The molecule has 0 aromatic heterocycles. The molecule has 0 aliphatic rings. The van der Waals surface area contributed by atoms with E-state index < -0.39 is 5.91 Å². The maximum atomic E-state index is 11.0. The molecule has 0 atom stereocenters. The van der Waals surface area contributed by atoms with E-state index >= 15 is 0 Å². The molecule has 0 radical (unpaired) electrons. The van der Waals surface area contributed by atoms with Crippen LogP contribution in [0.1, 0.15) is 0 Å². The van der Waals surface area contributed by atoms with E-state index in [4.69, 9.17) is 0 Å². The van der Waals surface area contributed by atoms with Crippen molar-refractivity contribution >= 4 is 5.91 Å². The van der Waals surface area contributed by atoms with E-state index in [1.165, 1.54) is 7.05 Å². The Balaban J connectivity index is 3.37. The second-order valence-corrected chi connectivity index (χ2v) is 0.907. The van der Waals surface area contributed by atoms with Crippen molar-refractivity contribution in [2.45, 2.75) is 0 Å². The Morgan fingerprint density at radius 3 is 2.57 bits per heavy atom. The summed E-state index contributed by atoms with van der Waals surface area (Å²) in [7, 11) is 1.43. The third-order valence-corrected chi connectivity index (χ3v) is 0.461. The van der Waals surface area contributed by atoms with Gasteiger partial charge in [-0.2, -0.15) is 0 Å². The predicted molar refractivity (Wildman–Crippen MR) is 24.3 cm³/mol. The van der Waals surface area contributed by atoms with Crippen LogP contribution in [0.2, 0.25) is 0 Å². The molecular formula is C4H6FNO. The lowest BCUT2D eigenvalue weighted by Crippen LogP contribution is -2.13. The van der Waals surface area contributed by atoms with Gasteiger partial charge in [-0.15, -0.1) is 0 Å². The lowest BCUT2D eigenvalue weighted by atomic mass is 10.6. The van der Waals surface area contributed by atoms with Crippen LogP contribution in [-0.4, -0.2) is 13.0 Å². The Bertz CT molecular complexity index is 89.7. The Labute approximate surface area is 41.0 Å². The summed E-state index contributed by atoms with van der Waals surface area (Å²) in [6.45, 7) is 0. The highest BCUT2D eigenvalue weighted by molar-refractivity contribution is 5.86. The molecule has 1 amide bonds. The monoisotopic (exact) mass is 103 g/mol. The number of halogens is 1. The maximum Gasteiger partial charge on any atom is 0.246 e. The number of likely N-dealkylation sites (N-methyl/N-ethyl adjacent to an activating group) is 1. The molecule has 3 heteroatoms. The topological polar surface area (TPSA) is 29.1 Å². The van der Waals surface area contributed by atoms with Crippen LogP contribution in [0.25, 0.3) is 0 Å². The van der Waals surface area contributed by atoms with Crippen LogP contribution in [0.3, 0.4) is 0 Å². The van der Waals surface area contributed by atoms with E-state index in [1.807, 2.05) is 0 Å². The van der Waals surface area contributed by atoms with Crippen LogP contribution in [0.15, 0.2) is 12.4 Å². The first kappa shape index (κ1) is 6.14. The molecule has 0 unspecified atom stereocenters. The predicted octanol–water partition coefficient (Wildman–Crippen LogP) is 0.216. The van der Waals surface area contributed by atoms with Gasteiger partial charge >= 0.3 is 0 Å². The van der Waals surface area contributed by atoms with Crippen molar-refractivity contribution in [1.29, 1.82) is 0 Å². The quantitative estimate of drug-likeness (QED) is 0.472. The molecule has 0 aliphatic heterocycles. The first-order valence-corrected chi connectivity index (χ1v) is 1.79. The van der Waals surface area contributed by atoms with Crippen LogP contribution >= 0.6 is 0 Å². The third kappa shape index (κ3) is 2.96. The number of nitrogens with one attached hydrogen (secondary N) is 1.